The molecule has 0 aliphatic heterocycles. The first kappa shape index (κ1) is 17.0. The van der Waals surface area contributed by atoms with Gasteiger partial charge in [0.1, 0.15) is 0 Å². The standard InChI is InChI=1S/C16H23N7O2/c1-16(2,3)11(9-7-17-21(4)8-9)18-14-19-12-10(22(14)5)13(24)20-15(25)23(12)6/h7-8,11H,1-6H3,(H,18,19)(H,20,24,25)/t11-/m1/s1. The second kappa shape index (κ2) is 5.61. The minimum atomic E-state index is -0.484. The highest BCUT2D eigenvalue weighted by Gasteiger charge is 2.29. The molecular formula is C16H23N7O2. The topological polar surface area (TPSA) is 103 Å². The summed E-state index contributed by atoms with van der Waals surface area (Å²) in [5, 5.41) is 7.66. The third-order valence-corrected chi connectivity index (χ3v) is 4.33. The second-order valence-electron chi connectivity index (χ2n) is 7.38. The number of hydrogen-bond donors (Lipinski definition) is 2. The van der Waals surface area contributed by atoms with Gasteiger partial charge in [0, 0.05) is 32.9 Å². The molecule has 0 aromatic carbocycles. The summed E-state index contributed by atoms with van der Waals surface area (Å²) in [7, 11) is 5.20. The third-order valence-electron chi connectivity index (χ3n) is 4.33. The van der Waals surface area contributed by atoms with Crippen molar-refractivity contribution in [1.82, 2.24) is 28.9 Å². The van der Waals surface area contributed by atoms with E-state index in [0.29, 0.717) is 17.1 Å². The number of imidazole rings is 1. The van der Waals surface area contributed by atoms with Crippen molar-refractivity contribution in [2.45, 2.75) is 26.8 Å². The minimum absolute atomic E-state index is 0.0761. The Morgan fingerprint density at radius 3 is 2.40 bits per heavy atom. The monoisotopic (exact) mass is 345 g/mol. The zero-order valence-corrected chi connectivity index (χ0v) is 15.3. The smallest absolute Gasteiger partial charge is 0.329 e. The van der Waals surface area contributed by atoms with Crippen LogP contribution in [-0.2, 0) is 21.1 Å². The highest BCUT2D eigenvalue weighted by atomic mass is 16.2. The van der Waals surface area contributed by atoms with Gasteiger partial charge in [-0.05, 0) is 5.41 Å². The van der Waals surface area contributed by atoms with Crippen molar-refractivity contribution in [1.29, 1.82) is 0 Å². The number of aromatic nitrogens is 6. The van der Waals surface area contributed by atoms with Crippen LogP contribution in [0.3, 0.4) is 0 Å². The normalized spacial score (nSPS) is 13.4. The Bertz CT molecular complexity index is 1050. The lowest BCUT2D eigenvalue weighted by Crippen LogP contribution is -2.29. The van der Waals surface area contributed by atoms with E-state index < -0.39 is 11.2 Å². The van der Waals surface area contributed by atoms with Crippen LogP contribution in [0.5, 0.6) is 0 Å². The molecule has 0 saturated carbocycles. The molecule has 0 bridgehead atoms. The summed E-state index contributed by atoms with van der Waals surface area (Å²) in [5.74, 6) is 0.519. The summed E-state index contributed by atoms with van der Waals surface area (Å²) in [6.45, 7) is 6.34. The Balaban J connectivity index is 2.14. The Morgan fingerprint density at radius 1 is 1.16 bits per heavy atom. The number of nitrogens with one attached hydrogen (secondary N) is 2. The van der Waals surface area contributed by atoms with E-state index in [1.807, 2.05) is 19.4 Å². The van der Waals surface area contributed by atoms with Crippen LogP contribution in [0.1, 0.15) is 32.4 Å². The highest BCUT2D eigenvalue weighted by Crippen LogP contribution is 2.35. The van der Waals surface area contributed by atoms with E-state index in [-0.39, 0.29) is 11.5 Å². The first-order chi connectivity index (χ1) is 11.6. The maximum absolute atomic E-state index is 12.2. The summed E-state index contributed by atoms with van der Waals surface area (Å²) in [4.78, 5) is 30.8. The average Bonchev–Trinajstić information content (AvgIpc) is 3.05. The number of H-pyrrole nitrogens is 1. The van der Waals surface area contributed by atoms with Crippen LogP contribution in [0.4, 0.5) is 5.95 Å². The number of aryl methyl sites for hydroxylation is 3. The molecule has 0 saturated heterocycles. The Labute approximate surface area is 144 Å². The number of nitrogens with zero attached hydrogens (tertiary/aromatic N) is 5. The molecule has 3 aromatic rings. The molecule has 0 amide bonds. The second-order valence-corrected chi connectivity index (χ2v) is 7.38. The lowest BCUT2D eigenvalue weighted by atomic mass is 9.83. The van der Waals surface area contributed by atoms with Crippen LogP contribution in [0, 0.1) is 5.41 Å². The molecule has 0 radical (unpaired) electrons. The summed E-state index contributed by atoms with van der Waals surface area (Å²) >= 11 is 0. The first-order valence-corrected chi connectivity index (χ1v) is 8.00. The van der Waals surface area contributed by atoms with Gasteiger partial charge in [0.05, 0.1) is 12.2 Å². The Kier molecular flexibility index (Phi) is 3.81. The van der Waals surface area contributed by atoms with Gasteiger partial charge >= 0.3 is 5.69 Å². The summed E-state index contributed by atoms with van der Waals surface area (Å²) in [6, 6.07) is -0.0761. The molecule has 0 aliphatic carbocycles. The fraction of sp³-hybridized carbons (Fsp3) is 0.500. The summed E-state index contributed by atoms with van der Waals surface area (Å²) in [6.07, 6.45) is 3.77. The molecule has 9 nitrogen and oxygen atoms in total. The van der Waals surface area contributed by atoms with E-state index in [9.17, 15) is 9.59 Å². The molecule has 9 heteroatoms. The largest absolute Gasteiger partial charge is 0.348 e. The molecule has 134 valence electrons. The maximum Gasteiger partial charge on any atom is 0.329 e. The number of hydrogen-bond acceptors (Lipinski definition) is 5. The van der Waals surface area contributed by atoms with Gasteiger partial charge in [-0.3, -0.25) is 19.0 Å². The lowest BCUT2D eigenvalue weighted by molar-refractivity contribution is 0.345. The molecular weight excluding hydrogens is 322 g/mol. The SMILES string of the molecule is Cn1cc([C@@H](Nc2nc3c(c(=O)[nH]c(=O)n3C)n2C)C(C)(C)C)cn1. The van der Waals surface area contributed by atoms with Gasteiger partial charge in [-0.15, -0.1) is 0 Å². The number of aromatic amines is 1. The molecule has 0 fully saturated rings. The number of fused-ring (bicyclic) bond motifs is 1. The molecule has 0 spiro atoms. The van der Waals surface area contributed by atoms with Gasteiger partial charge in [-0.1, -0.05) is 20.8 Å². The zero-order chi connectivity index (χ0) is 18.5. The van der Waals surface area contributed by atoms with Crippen LogP contribution >= 0.6 is 0 Å². The maximum atomic E-state index is 12.2. The summed E-state index contributed by atoms with van der Waals surface area (Å²) < 4.78 is 4.75. The number of anilines is 1. The quantitative estimate of drug-likeness (QED) is 0.734. The van der Waals surface area contributed by atoms with E-state index in [2.05, 4.69) is 41.2 Å². The van der Waals surface area contributed by atoms with E-state index in [4.69, 9.17) is 0 Å². The van der Waals surface area contributed by atoms with Gasteiger partial charge in [-0.25, -0.2) is 4.79 Å². The van der Waals surface area contributed by atoms with Crippen molar-refractivity contribution in [2.24, 2.45) is 26.6 Å². The van der Waals surface area contributed by atoms with Crippen molar-refractivity contribution < 1.29 is 0 Å². The van der Waals surface area contributed by atoms with Gasteiger partial charge in [0.15, 0.2) is 11.2 Å². The van der Waals surface area contributed by atoms with Crippen molar-refractivity contribution in [3.63, 3.8) is 0 Å². The fourth-order valence-corrected chi connectivity index (χ4v) is 2.96. The van der Waals surface area contributed by atoms with Crippen molar-refractivity contribution in [3.8, 4) is 0 Å². The van der Waals surface area contributed by atoms with E-state index in [0.717, 1.165) is 5.56 Å². The fourth-order valence-electron chi connectivity index (χ4n) is 2.96. The van der Waals surface area contributed by atoms with Gasteiger partial charge in [0.25, 0.3) is 5.56 Å². The van der Waals surface area contributed by atoms with Crippen molar-refractivity contribution >= 4 is 17.1 Å². The van der Waals surface area contributed by atoms with E-state index >= 15 is 0 Å². The lowest BCUT2D eigenvalue weighted by Gasteiger charge is -2.31. The van der Waals surface area contributed by atoms with Gasteiger partial charge < -0.3 is 9.88 Å². The molecule has 1 atom stereocenters. The summed E-state index contributed by atoms with van der Waals surface area (Å²) in [5.41, 5.74) is 0.655. The Hall–Kier alpha value is -2.84. The molecule has 3 rings (SSSR count). The third kappa shape index (κ3) is 2.86. The molecule has 25 heavy (non-hydrogen) atoms. The molecule has 0 unspecified atom stereocenters. The van der Waals surface area contributed by atoms with Crippen molar-refractivity contribution in [2.75, 3.05) is 5.32 Å². The molecule has 3 heterocycles. The number of rotatable bonds is 3. The van der Waals surface area contributed by atoms with Crippen molar-refractivity contribution in [3.05, 3.63) is 38.8 Å². The van der Waals surface area contributed by atoms with Crippen LogP contribution < -0.4 is 16.6 Å². The first-order valence-electron chi connectivity index (χ1n) is 8.00. The zero-order valence-electron chi connectivity index (χ0n) is 15.3. The average molecular weight is 345 g/mol. The van der Waals surface area contributed by atoms with Crippen LogP contribution in [-0.4, -0.2) is 28.9 Å². The highest BCUT2D eigenvalue weighted by molar-refractivity contribution is 5.74. The van der Waals surface area contributed by atoms with Crippen LogP contribution in [0.2, 0.25) is 0 Å². The van der Waals surface area contributed by atoms with E-state index in [1.165, 1.54) is 4.57 Å². The molecule has 3 aromatic heterocycles. The molecule has 2 N–H and O–H groups in total. The van der Waals surface area contributed by atoms with Crippen LogP contribution in [0.15, 0.2) is 22.0 Å². The van der Waals surface area contributed by atoms with E-state index in [1.54, 1.807) is 23.3 Å². The predicted octanol–water partition coefficient (Wildman–Crippen LogP) is 0.893. The predicted molar refractivity (Wildman–Crippen MR) is 95.6 cm³/mol. The van der Waals surface area contributed by atoms with Gasteiger partial charge in [-0.2, -0.15) is 10.1 Å². The van der Waals surface area contributed by atoms with Gasteiger partial charge in [0.2, 0.25) is 5.95 Å². The minimum Gasteiger partial charge on any atom is -0.348 e. The molecule has 0 aliphatic rings. The van der Waals surface area contributed by atoms with Crippen LogP contribution in [0.25, 0.3) is 11.2 Å². The Morgan fingerprint density at radius 2 is 1.84 bits per heavy atom.